The van der Waals surface area contributed by atoms with Crippen molar-refractivity contribution >= 4 is 46.1 Å². The van der Waals surface area contributed by atoms with E-state index >= 15 is 0 Å². The number of rotatable bonds is 6. The minimum atomic E-state index is -2.81. The van der Waals surface area contributed by atoms with E-state index in [2.05, 4.69) is 30.2 Å². The molecular weight excluding hydrogens is 511 g/mol. The van der Waals surface area contributed by atoms with Gasteiger partial charge in [0.2, 0.25) is 0 Å². The summed E-state index contributed by atoms with van der Waals surface area (Å²) < 4.78 is 28.6. The molecule has 0 saturated carbocycles. The highest BCUT2D eigenvalue weighted by atomic mass is 35.5. The molecule has 1 aliphatic heterocycles. The zero-order chi connectivity index (χ0) is 27.9. The lowest BCUT2D eigenvalue weighted by atomic mass is 10.1. The first-order chi connectivity index (χ1) is 18.5. The highest BCUT2D eigenvalue weighted by Crippen LogP contribution is 2.33. The highest BCUT2D eigenvalue weighted by Gasteiger charge is 2.47. The van der Waals surface area contributed by atoms with Crippen molar-refractivity contribution in [1.82, 2.24) is 34.8 Å². The number of likely N-dealkylation sites (N-methyl/N-ethyl adjacent to an activating group) is 1. The molecule has 0 spiro atoms. The van der Waals surface area contributed by atoms with Crippen LogP contribution >= 0.6 is 23.2 Å². The Hall–Kier alpha value is -3.42. The molecule has 1 saturated heterocycles. The van der Waals surface area contributed by atoms with Crippen molar-refractivity contribution in [3.8, 4) is 11.4 Å². The largest absolute Gasteiger partial charge is 0.387 e. The number of carbonyl (C=O) groups is 1. The quantitative estimate of drug-likeness (QED) is 0.286. The number of nitrogens with zero attached hydrogens (tertiary/aromatic N) is 6. The molecule has 0 aliphatic carbocycles. The minimum Gasteiger partial charge on any atom is -0.387 e. The minimum absolute atomic E-state index is 0.180. The van der Waals surface area contributed by atoms with E-state index in [4.69, 9.17) is 32.1 Å². The van der Waals surface area contributed by atoms with Crippen LogP contribution in [-0.2, 0) is 16.1 Å². The fourth-order valence-electron chi connectivity index (χ4n) is 3.75. The molecule has 0 aromatic carbocycles. The molecule has 5 rings (SSSR count). The second-order valence-corrected chi connectivity index (χ2v) is 8.72. The third-order valence-corrected chi connectivity index (χ3v) is 5.93. The zero-order valence-electron chi connectivity index (χ0n) is 21.2. The number of pyridine rings is 2. The standard InChI is InChI=1S/C22H20Cl2N8O4/c1-25-21(35)17-15(33)16(34)22(36-17)32-9-29-14-19(28-8-13-3-2-11(23)7-27-13)30-18(31-20(14)32)10-4-12(24)6-26-5-10/h2-7,9,15-17,22,33-34H,8H2,1H3,(H,25,35)(H,28,30,31)/t15-,16+,17-,22+/m0/s1/i1D3. The molecule has 4 atom stereocenters. The number of imidazole rings is 1. The van der Waals surface area contributed by atoms with Crippen molar-refractivity contribution in [2.75, 3.05) is 12.3 Å². The van der Waals surface area contributed by atoms with E-state index in [1.54, 1.807) is 23.5 Å². The first-order valence-electron chi connectivity index (χ1n) is 12.0. The maximum atomic E-state index is 12.4. The molecule has 4 aromatic heterocycles. The van der Waals surface area contributed by atoms with E-state index < -0.39 is 37.4 Å². The number of anilines is 1. The molecule has 4 N–H and O–H groups in total. The topological polar surface area (TPSA) is 160 Å². The molecule has 0 bridgehead atoms. The fourth-order valence-corrected chi connectivity index (χ4v) is 4.04. The molecule has 0 radical (unpaired) electrons. The first kappa shape index (κ1) is 20.7. The van der Waals surface area contributed by atoms with Gasteiger partial charge in [-0.05, 0) is 18.2 Å². The SMILES string of the molecule is [2H]C([2H])([2H])NC(=O)[C@H]1O[C@@H](n2cnc3c(NCc4ccc(Cl)cn4)nc(-c4cncc(Cl)c4)nc32)[C@H](O)[C@@H]1O. The summed E-state index contributed by atoms with van der Waals surface area (Å²) in [6.07, 6.45) is -0.549. The molecule has 186 valence electrons. The molecule has 14 heteroatoms. The highest BCUT2D eigenvalue weighted by molar-refractivity contribution is 6.30. The van der Waals surface area contributed by atoms with Crippen molar-refractivity contribution in [3.63, 3.8) is 0 Å². The van der Waals surface area contributed by atoms with Crippen LogP contribution in [0, 0.1) is 0 Å². The predicted molar refractivity (Wildman–Crippen MR) is 130 cm³/mol. The summed E-state index contributed by atoms with van der Waals surface area (Å²) >= 11 is 12.0. The van der Waals surface area contributed by atoms with Gasteiger partial charge in [-0.15, -0.1) is 0 Å². The third-order valence-electron chi connectivity index (χ3n) is 5.50. The van der Waals surface area contributed by atoms with Gasteiger partial charge < -0.3 is 25.6 Å². The van der Waals surface area contributed by atoms with Gasteiger partial charge in [-0.25, -0.2) is 15.0 Å². The second-order valence-electron chi connectivity index (χ2n) is 7.85. The summed E-state index contributed by atoms with van der Waals surface area (Å²) in [5, 5.41) is 27.0. The van der Waals surface area contributed by atoms with Gasteiger partial charge in [-0.1, -0.05) is 23.2 Å². The number of halogens is 2. The Morgan fingerprint density at radius 2 is 2.03 bits per heavy atom. The number of amides is 1. The molecule has 36 heavy (non-hydrogen) atoms. The number of fused-ring (bicyclic) bond motifs is 1. The van der Waals surface area contributed by atoms with Gasteiger partial charge in [0.1, 0.15) is 12.2 Å². The second kappa shape index (κ2) is 9.91. The van der Waals surface area contributed by atoms with E-state index in [0.717, 1.165) is 0 Å². The lowest BCUT2D eigenvalue weighted by Gasteiger charge is -2.17. The summed E-state index contributed by atoms with van der Waals surface area (Å²) in [6, 6.07) is 5.05. The fraction of sp³-hybridized carbons (Fsp3) is 0.273. The Labute approximate surface area is 218 Å². The average molecular weight is 534 g/mol. The lowest BCUT2D eigenvalue weighted by molar-refractivity contribution is -0.137. The van der Waals surface area contributed by atoms with E-state index in [0.29, 0.717) is 27.1 Å². The van der Waals surface area contributed by atoms with Crippen LogP contribution in [0.25, 0.3) is 22.6 Å². The Morgan fingerprint density at radius 3 is 2.78 bits per heavy atom. The Morgan fingerprint density at radius 1 is 1.17 bits per heavy atom. The number of aromatic nitrogens is 6. The Balaban J connectivity index is 1.53. The van der Waals surface area contributed by atoms with Gasteiger partial charge in [0.05, 0.1) is 28.6 Å². The van der Waals surface area contributed by atoms with Crippen LogP contribution in [0.5, 0.6) is 0 Å². The van der Waals surface area contributed by atoms with Crippen LogP contribution in [0.15, 0.2) is 43.1 Å². The number of nitrogens with one attached hydrogen (secondary N) is 2. The average Bonchev–Trinajstić information content (AvgIpc) is 3.43. The van der Waals surface area contributed by atoms with Crippen LogP contribution in [0.2, 0.25) is 10.0 Å². The Kier molecular flexibility index (Phi) is 5.71. The number of hydrogen-bond acceptors (Lipinski definition) is 10. The number of hydrogen-bond donors (Lipinski definition) is 4. The molecular formula is C22H20Cl2N8O4. The maximum absolute atomic E-state index is 12.4. The summed E-state index contributed by atoms with van der Waals surface area (Å²) in [5.74, 6) is -0.600. The summed E-state index contributed by atoms with van der Waals surface area (Å²) in [4.78, 5) is 34.2. The molecule has 4 aromatic rings. The van der Waals surface area contributed by atoms with Gasteiger partial charge in [-0.2, -0.15) is 0 Å². The van der Waals surface area contributed by atoms with Crippen LogP contribution in [0.4, 0.5) is 5.82 Å². The normalized spacial score (nSPS) is 23.2. The van der Waals surface area contributed by atoms with Crippen LogP contribution in [0.1, 0.15) is 16.0 Å². The van der Waals surface area contributed by atoms with E-state index in [9.17, 15) is 15.0 Å². The molecule has 1 amide bonds. The molecule has 1 fully saturated rings. The molecule has 5 heterocycles. The van der Waals surface area contributed by atoms with E-state index in [1.807, 2.05) is 0 Å². The number of carbonyl (C=O) groups excluding carboxylic acids is 1. The van der Waals surface area contributed by atoms with Gasteiger partial charge in [0.15, 0.2) is 35.1 Å². The maximum Gasteiger partial charge on any atom is 0.251 e. The van der Waals surface area contributed by atoms with Crippen LogP contribution < -0.4 is 10.6 Å². The monoisotopic (exact) mass is 533 g/mol. The van der Waals surface area contributed by atoms with Gasteiger partial charge in [-0.3, -0.25) is 19.3 Å². The van der Waals surface area contributed by atoms with Crippen molar-refractivity contribution in [1.29, 1.82) is 0 Å². The molecule has 12 nitrogen and oxygen atoms in total. The van der Waals surface area contributed by atoms with Crippen LogP contribution in [0.3, 0.4) is 0 Å². The van der Waals surface area contributed by atoms with Crippen molar-refractivity contribution in [2.45, 2.75) is 31.1 Å². The predicted octanol–water partition coefficient (Wildman–Crippen LogP) is 1.57. The summed E-state index contributed by atoms with van der Waals surface area (Å²) in [6.45, 7) is -2.56. The first-order valence-corrected chi connectivity index (χ1v) is 11.3. The van der Waals surface area contributed by atoms with Gasteiger partial charge in [0.25, 0.3) is 5.91 Å². The lowest BCUT2D eigenvalue weighted by Crippen LogP contribution is -2.41. The van der Waals surface area contributed by atoms with Crippen molar-refractivity contribution < 1.29 is 23.9 Å². The van der Waals surface area contributed by atoms with Crippen molar-refractivity contribution in [3.05, 3.63) is 58.9 Å². The van der Waals surface area contributed by atoms with E-state index in [-0.39, 0.29) is 23.5 Å². The number of aliphatic hydroxyl groups is 2. The summed E-state index contributed by atoms with van der Waals surface area (Å²) in [7, 11) is 0. The zero-order valence-corrected chi connectivity index (χ0v) is 19.7. The number of ether oxygens (including phenoxy) is 1. The third kappa shape index (κ3) is 4.56. The van der Waals surface area contributed by atoms with Crippen molar-refractivity contribution in [2.24, 2.45) is 0 Å². The Bertz CT molecular complexity index is 1520. The molecule has 1 aliphatic rings. The van der Waals surface area contributed by atoms with Crippen LogP contribution in [-0.4, -0.2) is 70.9 Å². The number of aliphatic hydroxyl groups excluding tert-OH is 2. The smallest absolute Gasteiger partial charge is 0.251 e. The van der Waals surface area contributed by atoms with E-state index in [1.165, 1.54) is 29.5 Å². The van der Waals surface area contributed by atoms with Gasteiger partial charge in [0, 0.05) is 35.2 Å². The van der Waals surface area contributed by atoms with Gasteiger partial charge >= 0.3 is 0 Å². The summed E-state index contributed by atoms with van der Waals surface area (Å²) in [5.41, 5.74) is 1.60. The molecule has 0 unspecified atom stereocenters.